The van der Waals surface area contributed by atoms with Crippen LogP contribution >= 0.6 is 0 Å². The third kappa shape index (κ3) is 5.13. The Morgan fingerprint density at radius 2 is 1.50 bits per heavy atom. The number of Topliss-reactive ketones (excluding diaryl/α,β-unsaturated/α-hetero) is 2. The van der Waals surface area contributed by atoms with Gasteiger partial charge in [0.1, 0.15) is 11.6 Å². The van der Waals surface area contributed by atoms with Crippen molar-refractivity contribution < 1.29 is 19.8 Å². The molecule has 4 nitrogen and oxygen atoms in total. The molecule has 0 aromatic carbocycles. The Morgan fingerprint density at radius 1 is 0.875 bits per heavy atom. The Balaban J connectivity index is 2.17. The predicted octanol–water partition coefficient (Wildman–Crippen LogP) is 3.43. The van der Waals surface area contributed by atoms with Crippen LogP contribution in [0.5, 0.6) is 0 Å². The highest BCUT2D eigenvalue weighted by Crippen LogP contribution is 2.44. The van der Waals surface area contributed by atoms with Gasteiger partial charge < -0.3 is 10.2 Å². The minimum absolute atomic E-state index is 0.0430. The zero-order chi connectivity index (χ0) is 17.4. The zero-order valence-corrected chi connectivity index (χ0v) is 15.0. The summed E-state index contributed by atoms with van der Waals surface area (Å²) >= 11 is 0. The Labute approximate surface area is 146 Å². The van der Waals surface area contributed by atoms with Gasteiger partial charge >= 0.3 is 0 Å². The van der Waals surface area contributed by atoms with Crippen molar-refractivity contribution in [2.24, 2.45) is 17.3 Å². The van der Waals surface area contributed by atoms with Gasteiger partial charge in [-0.2, -0.15) is 0 Å². The summed E-state index contributed by atoms with van der Waals surface area (Å²) in [4.78, 5) is 24.6. The molecular weight excluding hydrogens is 304 g/mol. The molecule has 0 aliphatic heterocycles. The topological polar surface area (TPSA) is 74.6 Å². The van der Waals surface area contributed by atoms with Crippen LogP contribution in [0.15, 0.2) is 0 Å². The average molecular weight is 338 g/mol. The van der Waals surface area contributed by atoms with Crippen molar-refractivity contribution in [1.82, 2.24) is 0 Å². The molecule has 2 aliphatic rings. The van der Waals surface area contributed by atoms with Gasteiger partial charge in [0.2, 0.25) is 0 Å². The molecule has 2 saturated carbocycles. The van der Waals surface area contributed by atoms with Crippen molar-refractivity contribution in [2.45, 2.75) is 83.5 Å². The number of carbonyl (C=O) groups is 2. The van der Waals surface area contributed by atoms with Crippen molar-refractivity contribution in [3.8, 4) is 0 Å². The third-order valence-electron chi connectivity index (χ3n) is 6.36. The smallest absolute Gasteiger partial charge is 0.145 e. The Kier molecular flexibility index (Phi) is 7.89. The molecular formula is C20H34O4. The van der Waals surface area contributed by atoms with E-state index in [2.05, 4.69) is 0 Å². The van der Waals surface area contributed by atoms with E-state index in [1.54, 1.807) is 0 Å². The maximum absolute atomic E-state index is 12.5. The summed E-state index contributed by atoms with van der Waals surface area (Å²) in [6.45, 7) is -0.122. The highest BCUT2D eigenvalue weighted by molar-refractivity contribution is 6.00. The van der Waals surface area contributed by atoms with Crippen LogP contribution in [-0.4, -0.2) is 35.0 Å². The summed E-state index contributed by atoms with van der Waals surface area (Å²) in [5.41, 5.74) is -0.355. The van der Waals surface area contributed by atoms with Gasteiger partial charge in [0.05, 0.1) is 13.0 Å². The average Bonchev–Trinajstić information content (AvgIpc) is 2.74. The van der Waals surface area contributed by atoms with Gasteiger partial charge in [-0.25, -0.2) is 0 Å². The zero-order valence-electron chi connectivity index (χ0n) is 15.0. The molecule has 0 bridgehead atoms. The SMILES string of the molecule is O=C1CC(=O)C(CO)CCCC(CO)(C2CCCCCCCC2)C1. The van der Waals surface area contributed by atoms with Crippen molar-refractivity contribution in [1.29, 1.82) is 0 Å². The molecule has 0 aromatic heterocycles. The van der Waals surface area contributed by atoms with Gasteiger partial charge in [0.25, 0.3) is 0 Å². The van der Waals surface area contributed by atoms with E-state index in [0.29, 0.717) is 18.8 Å². The molecule has 24 heavy (non-hydrogen) atoms. The van der Waals surface area contributed by atoms with Gasteiger partial charge in [-0.15, -0.1) is 0 Å². The van der Waals surface area contributed by atoms with Gasteiger partial charge in [-0.1, -0.05) is 44.9 Å². The molecule has 0 radical (unpaired) electrons. The van der Waals surface area contributed by atoms with E-state index >= 15 is 0 Å². The van der Waals surface area contributed by atoms with E-state index in [9.17, 15) is 19.8 Å². The minimum Gasteiger partial charge on any atom is -0.396 e. The van der Waals surface area contributed by atoms with Crippen LogP contribution in [0.3, 0.4) is 0 Å². The summed E-state index contributed by atoms with van der Waals surface area (Å²) in [7, 11) is 0. The van der Waals surface area contributed by atoms with Crippen LogP contribution in [0.2, 0.25) is 0 Å². The molecule has 2 aliphatic carbocycles. The van der Waals surface area contributed by atoms with Crippen molar-refractivity contribution in [3.05, 3.63) is 0 Å². The van der Waals surface area contributed by atoms with E-state index < -0.39 is 5.92 Å². The van der Waals surface area contributed by atoms with E-state index in [-0.39, 0.29) is 36.6 Å². The van der Waals surface area contributed by atoms with E-state index in [1.165, 1.54) is 38.5 Å². The van der Waals surface area contributed by atoms with Gasteiger partial charge in [-0.05, 0) is 31.6 Å². The first-order chi connectivity index (χ1) is 11.6. The van der Waals surface area contributed by atoms with Crippen molar-refractivity contribution >= 4 is 11.6 Å². The van der Waals surface area contributed by atoms with Crippen LogP contribution in [0, 0.1) is 17.3 Å². The van der Waals surface area contributed by atoms with Gasteiger partial charge in [-0.3, -0.25) is 9.59 Å². The Bertz CT molecular complexity index is 410. The summed E-state index contributed by atoms with van der Waals surface area (Å²) in [6.07, 6.45) is 12.1. The molecule has 138 valence electrons. The quantitative estimate of drug-likeness (QED) is 0.773. The Morgan fingerprint density at radius 3 is 2.08 bits per heavy atom. The molecule has 0 heterocycles. The lowest BCUT2D eigenvalue weighted by atomic mass is 9.66. The lowest BCUT2D eigenvalue weighted by Crippen LogP contribution is -2.37. The van der Waals surface area contributed by atoms with E-state index in [0.717, 1.165) is 25.7 Å². The highest BCUT2D eigenvalue weighted by atomic mass is 16.3. The second-order valence-electron chi connectivity index (χ2n) is 8.05. The van der Waals surface area contributed by atoms with Crippen LogP contribution in [0.1, 0.15) is 83.5 Å². The first-order valence-electron chi connectivity index (χ1n) is 9.87. The largest absolute Gasteiger partial charge is 0.396 e. The molecule has 2 rings (SSSR count). The Hall–Kier alpha value is -0.740. The standard InChI is InChI=1S/C20H34O4/c21-14-16-8-7-11-20(15-22,13-18(23)12-19(16)24)17-9-5-3-1-2-4-6-10-17/h16-17,21-22H,1-15H2. The molecule has 2 atom stereocenters. The molecule has 2 unspecified atom stereocenters. The maximum atomic E-state index is 12.5. The predicted molar refractivity (Wildman–Crippen MR) is 93.6 cm³/mol. The second-order valence-corrected chi connectivity index (χ2v) is 8.05. The fourth-order valence-corrected chi connectivity index (χ4v) is 4.79. The minimum atomic E-state index is -0.399. The van der Waals surface area contributed by atoms with Crippen LogP contribution < -0.4 is 0 Å². The number of rotatable bonds is 3. The molecule has 0 spiro atoms. The highest BCUT2D eigenvalue weighted by Gasteiger charge is 2.40. The number of hydrogen-bond acceptors (Lipinski definition) is 4. The summed E-state index contributed by atoms with van der Waals surface area (Å²) in [6, 6.07) is 0. The molecule has 2 N–H and O–H groups in total. The normalized spacial score (nSPS) is 32.2. The molecule has 2 fully saturated rings. The van der Waals surface area contributed by atoms with Crippen LogP contribution in [0.4, 0.5) is 0 Å². The molecule has 4 heteroatoms. The van der Waals surface area contributed by atoms with Crippen LogP contribution in [-0.2, 0) is 9.59 Å². The first kappa shape index (κ1) is 19.6. The van der Waals surface area contributed by atoms with Crippen LogP contribution in [0.25, 0.3) is 0 Å². The van der Waals surface area contributed by atoms with Gasteiger partial charge in [0, 0.05) is 24.4 Å². The number of aliphatic hydroxyl groups excluding tert-OH is 2. The fourth-order valence-electron chi connectivity index (χ4n) is 4.79. The van der Waals surface area contributed by atoms with E-state index in [4.69, 9.17) is 0 Å². The molecule has 0 saturated heterocycles. The fraction of sp³-hybridized carbons (Fsp3) is 0.900. The second kappa shape index (κ2) is 9.67. The van der Waals surface area contributed by atoms with Crippen molar-refractivity contribution in [3.63, 3.8) is 0 Å². The van der Waals surface area contributed by atoms with Gasteiger partial charge in [0.15, 0.2) is 0 Å². The summed E-state index contributed by atoms with van der Waals surface area (Å²) < 4.78 is 0. The number of aliphatic hydroxyl groups is 2. The number of ketones is 2. The van der Waals surface area contributed by atoms with Crippen molar-refractivity contribution in [2.75, 3.05) is 13.2 Å². The lowest BCUT2D eigenvalue weighted by molar-refractivity contribution is -0.131. The molecule has 0 aromatic rings. The maximum Gasteiger partial charge on any atom is 0.145 e. The third-order valence-corrected chi connectivity index (χ3v) is 6.36. The monoisotopic (exact) mass is 338 g/mol. The number of hydrogen-bond donors (Lipinski definition) is 2. The van der Waals surface area contributed by atoms with E-state index in [1.807, 2.05) is 0 Å². The summed E-state index contributed by atoms with van der Waals surface area (Å²) in [5, 5.41) is 19.7. The number of carbonyl (C=O) groups excluding carboxylic acids is 2. The summed E-state index contributed by atoms with van der Waals surface area (Å²) in [5.74, 6) is -0.186. The first-order valence-corrected chi connectivity index (χ1v) is 9.87. The molecule has 0 amide bonds. The lowest BCUT2D eigenvalue weighted by Gasteiger charge is -2.39.